The van der Waals surface area contributed by atoms with Crippen molar-refractivity contribution in [2.75, 3.05) is 24.7 Å². The minimum atomic E-state index is -3.39. The zero-order valence-corrected chi connectivity index (χ0v) is 16.4. The molecule has 1 amide bonds. The summed E-state index contributed by atoms with van der Waals surface area (Å²) in [6.07, 6.45) is 1.23. The van der Waals surface area contributed by atoms with E-state index < -0.39 is 16.1 Å². The number of nitrogens with zero attached hydrogens (tertiary/aromatic N) is 1. The van der Waals surface area contributed by atoms with Crippen molar-refractivity contribution in [1.82, 2.24) is 4.31 Å². The molecule has 1 heterocycles. The third-order valence-corrected chi connectivity index (χ3v) is 6.43. The van der Waals surface area contributed by atoms with Gasteiger partial charge in [-0.1, -0.05) is 26.8 Å². The monoisotopic (exact) mass is 368 g/mol. The molecule has 1 fully saturated rings. The summed E-state index contributed by atoms with van der Waals surface area (Å²) >= 11 is 0. The number of nitrogens with one attached hydrogen (secondary N) is 1. The quantitative estimate of drug-likeness (QED) is 0.867. The first-order valence-corrected chi connectivity index (χ1v) is 10.2. The number of sulfonamides is 1. The van der Waals surface area contributed by atoms with Gasteiger partial charge in [0.1, 0.15) is 11.8 Å². The lowest BCUT2D eigenvalue weighted by Gasteiger charge is -2.24. The van der Waals surface area contributed by atoms with Crippen LogP contribution in [0.5, 0.6) is 5.75 Å². The van der Waals surface area contributed by atoms with Crippen LogP contribution in [0.4, 0.5) is 5.69 Å². The van der Waals surface area contributed by atoms with Gasteiger partial charge in [-0.2, -0.15) is 4.31 Å². The fourth-order valence-electron chi connectivity index (χ4n) is 2.99. The lowest BCUT2D eigenvalue weighted by atomic mass is 9.87. The molecule has 1 N–H and O–H groups in total. The maximum atomic E-state index is 12.7. The van der Waals surface area contributed by atoms with Crippen LogP contribution < -0.4 is 10.1 Å². The molecule has 1 aromatic carbocycles. The Labute approximate surface area is 150 Å². The fourth-order valence-corrected chi connectivity index (χ4v) is 4.32. The molecule has 1 aliphatic heterocycles. The number of methoxy groups -OCH3 is 1. The Morgan fingerprint density at radius 2 is 2.04 bits per heavy atom. The standard InChI is InChI=1S/C18H28N2O4S/c1-6-25(22,23)20-11-7-8-15(20)17(21)19-14-12-13(18(2,3)4)9-10-16(14)24-5/h9-10,12,15H,6-8,11H2,1-5H3,(H,19,21). The predicted octanol–water partition coefficient (Wildman–Crippen LogP) is 2.75. The highest BCUT2D eigenvalue weighted by atomic mass is 32.2. The molecule has 0 spiro atoms. The van der Waals surface area contributed by atoms with Gasteiger partial charge < -0.3 is 10.1 Å². The highest BCUT2D eigenvalue weighted by Gasteiger charge is 2.38. The molecular weight excluding hydrogens is 340 g/mol. The lowest BCUT2D eigenvalue weighted by molar-refractivity contribution is -0.119. The van der Waals surface area contributed by atoms with E-state index in [4.69, 9.17) is 4.74 Å². The molecule has 0 radical (unpaired) electrons. The van der Waals surface area contributed by atoms with E-state index in [2.05, 4.69) is 26.1 Å². The number of benzene rings is 1. The van der Waals surface area contributed by atoms with E-state index in [0.717, 1.165) is 5.56 Å². The summed E-state index contributed by atoms with van der Waals surface area (Å²) in [4.78, 5) is 12.7. The van der Waals surface area contributed by atoms with Gasteiger partial charge in [0.15, 0.2) is 0 Å². The predicted molar refractivity (Wildman–Crippen MR) is 99.5 cm³/mol. The summed E-state index contributed by atoms with van der Waals surface area (Å²) in [6, 6.07) is 5.03. The largest absolute Gasteiger partial charge is 0.495 e. The molecule has 0 saturated carbocycles. The molecule has 1 aromatic rings. The Kier molecular flexibility index (Phi) is 5.79. The van der Waals surface area contributed by atoms with Crippen LogP contribution in [0.25, 0.3) is 0 Å². The molecule has 1 unspecified atom stereocenters. The number of carbonyl (C=O) groups excluding carboxylic acids is 1. The molecule has 1 atom stereocenters. The average Bonchev–Trinajstić information content (AvgIpc) is 3.04. The molecule has 25 heavy (non-hydrogen) atoms. The SMILES string of the molecule is CCS(=O)(=O)N1CCCC1C(=O)Nc1cc(C(C)(C)C)ccc1OC. The molecule has 0 aromatic heterocycles. The number of anilines is 1. The number of hydrogen-bond donors (Lipinski definition) is 1. The molecule has 140 valence electrons. The van der Waals surface area contributed by atoms with Crippen LogP contribution in [0, 0.1) is 0 Å². The van der Waals surface area contributed by atoms with E-state index in [1.807, 2.05) is 18.2 Å². The van der Waals surface area contributed by atoms with Crippen molar-refractivity contribution < 1.29 is 17.9 Å². The zero-order valence-electron chi connectivity index (χ0n) is 15.6. The van der Waals surface area contributed by atoms with Gasteiger partial charge in [-0.15, -0.1) is 0 Å². The minimum Gasteiger partial charge on any atom is -0.495 e. The van der Waals surface area contributed by atoms with Crippen LogP contribution in [-0.2, 0) is 20.2 Å². The molecule has 2 rings (SSSR count). The summed E-state index contributed by atoms with van der Waals surface area (Å²) < 4.78 is 31.1. The first kappa shape index (κ1) is 19.7. The van der Waals surface area contributed by atoms with Crippen molar-refractivity contribution in [3.05, 3.63) is 23.8 Å². The number of ether oxygens (including phenoxy) is 1. The molecule has 1 aliphatic rings. The van der Waals surface area contributed by atoms with Crippen molar-refractivity contribution >= 4 is 21.6 Å². The molecular formula is C18H28N2O4S. The van der Waals surface area contributed by atoms with E-state index in [9.17, 15) is 13.2 Å². The number of hydrogen-bond acceptors (Lipinski definition) is 4. The number of carbonyl (C=O) groups is 1. The van der Waals surface area contributed by atoms with Crippen LogP contribution in [0.2, 0.25) is 0 Å². The van der Waals surface area contributed by atoms with Crippen molar-refractivity contribution in [1.29, 1.82) is 0 Å². The van der Waals surface area contributed by atoms with Crippen molar-refractivity contribution in [2.45, 2.75) is 52.0 Å². The van der Waals surface area contributed by atoms with Crippen LogP contribution in [0.15, 0.2) is 18.2 Å². The Morgan fingerprint density at radius 3 is 2.60 bits per heavy atom. The summed E-state index contributed by atoms with van der Waals surface area (Å²) in [5.74, 6) is 0.253. The molecule has 1 saturated heterocycles. The van der Waals surface area contributed by atoms with Gasteiger partial charge in [-0.05, 0) is 42.9 Å². The average molecular weight is 368 g/mol. The first-order chi connectivity index (χ1) is 11.6. The third kappa shape index (κ3) is 4.33. The van der Waals surface area contributed by atoms with E-state index >= 15 is 0 Å². The molecule has 7 heteroatoms. The van der Waals surface area contributed by atoms with Gasteiger partial charge in [-0.3, -0.25) is 4.79 Å². The zero-order chi connectivity index (χ0) is 18.8. The Hall–Kier alpha value is -1.60. The molecule has 6 nitrogen and oxygen atoms in total. The normalized spacial score (nSPS) is 19.0. The highest BCUT2D eigenvalue weighted by molar-refractivity contribution is 7.89. The summed E-state index contributed by atoms with van der Waals surface area (Å²) in [5.41, 5.74) is 1.56. The van der Waals surface area contributed by atoms with Crippen molar-refractivity contribution in [3.63, 3.8) is 0 Å². The topological polar surface area (TPSA) is 75.7 Å². The van der Waals surface area contributed by atoms with E-state index in [-0.39, 0.29) is 17.1 Å². The van der Waals surface area contributed by atoms with Crippen molar-refractivity contribution in [3.8, 4) is 5.75 Å². The van der Waals surface area contributed by atoms with E-state index in [0.29, 0.717) is 30.8 Å². The van der Waals surface area contributed by atoms with Gasteiger partial charge in [0.2, 0.25) is 15.9 Å². The first-order valence-electron chi connectivity index (χ1n) is 8.59. The maximum absolute atomic E-state index is 12.7. The van der Waals surface area contributed by atoms with Gasteiger partial charge >= 0.3 is 0 Å². The molecule has 0 bridgehead atoms. The minimum absolute atomic E-state index is 0.000387. The van der Waals surface area contributed by atoms with Gasteiger partial charge in [-0.25, -0.2) is 8.42 Å². The summed E-state index contributed by atoms with van der Waals surface area (Å²) in [7, 11) is -1.84. The second-order valence-corrected chi connectivity index (χ2v) is 9.53. The number of rotatable bonds is 5. The maximum Gasteiger partial charge on any atom is 0.242 e. The van der Waals surface area contributed by atoms with Crippen LogP contribution in [0.1, 0.15) is 46.1 Å². The van der Waals surface area contributed by atoms with Crippen LogP contribution in [0.3, 0.4) is 0 Å². The fraction of sp³-hybridized carbons (Fsp3) is 0.611. The number of amides is 1. The van der Waals surface area contributed by atoms with Crippen LogP contribution in [-0.4, -0.2) is 44.1 Å². The van der Waals surface area contributed by atoms with Gasteiger partial charge in [0, 0.05) is 6.54 Å². The van der Waals surface area contributed by atoms with Crippen molar-refractivity contribution in [2.24, 2.45) is 0 Å². The summed E-state index contributed by atoms with van der Waals surface area (Å²) in [5, 5.41) is 2.87. The highest BCUT2D eigenvalue weighted by Crippen LogP contribution is 2.32. The Bertz CT molecular complexity index is 738. The van der Waals surface area contributed by atoms with Gasteiger partial charge in [0.05, 0.1) is 18.6 Å². The second-order valence-electron chi connectivity index (χ2n) is 7.32. The summed E-state index contributed by atoms with van der Waals surface area (Å²) in [6.45, 7) is 8.26. The smallest absolute Gasteiger partial charge is 0.242 e. The van der Waals surface area contributed by atoms with E-state index in [1.54, 1.807) is 14.0 Å². The Balaban J connectivity index is 2.28. The Morgan fingerprint density at radius 1 is 1.36 bits per heavy atom. The third-order valence-electron chi connectivity index (χ3n) is 4.55. The molecule has 0 aliphatic carbocycles. The lowest BCUT2D eigenvalue weighted by Crippen LogP contribution is -2.43. The van der Waals surface area contributed by atoms with Gasteiger partial charge in [0.25, 0.3) is 0 Å². The second kappa shape index (κ2) is 7.33. The van der Waals surface area contributed by atoms with Crippen LogP contribution >= 0.6 is 0 Å². The van der Waals surface area contributed by atoms with E-state index in [1.165, 1.54) is 4.31 Å².